The van der Waals surface area contributed by atoms with E-state index in [2.05, 4.69) is 15.0 Å². The number of fused-ring (bicyclic) bond motifs is 2. The Labute approximate surface area is 164 Å². The van der Waals surface area contributed by atoms with Gasteiger partial charge in [0.2, 0.25) is 0 Å². The van der Waals surface area contributed by atoms with Gasteiger partial charge < -0.3 is 9.47 Å². The molecule has 1 aliphatic rings. The molecule has 1 N–H and O–H groups in total. The lowest BCUT2D eigenvalue weighted by atomic mass is 10.1. The molecule has 0 unspecified atom stereocenters. The number of H-pyrrole nitrogens is 1. The van der Waals surface area contributed by atoms with Crippen molar-refractivity contribution in [3.8, 4) is 22.6 Å². The first kappa shape index (κ1) is 17.2. The van der Waals surface area contributed by atoms with Crippen molar-refractivity contribution >= 4 is 11.0 Å². The number of ether oxygens (including phenoxy) is 2. The molecule has 144 valence electrons. The lowest BCUT2D eigenvalue weighted by molar-refractivity contribution is 0.171. The van der Waals surface area contributed by atoms with Gasteiger partial charge in [0.1, 0.15) is 18.9 Å². The first-order valence-corrected chi connectivity index (χ1v) is 9.11. The van der Waals surface area contributed by atoms with Crippen molar-refractivity contribution in [2.24, 2.45) is 0 Å². The Balaban J connectivity index is 1.67. The summed E-state index contributed by atoms with van der Waals surface area (Å²) < 4.78 is 12.6. The predicted molar refractivity (Wildman–Crippen MR) is 106 cm³/mol. The summed E-state index contributed by atoms with van der Waals surface area (Å²) in [5.41, 5.74) is 1.68. The second-order valence-electron chi connectivity index (χ2n) is 6.62. The third-order valence-corrected chi connectivity index (χ3v) is 4.82. The number of hydrogen-bond acceptors (Lipinski definition) is 6. The molecule has 0 radical (unpaired) electrons. The minimum atomic E-state index is -0.517. The van der Waals surface area contributed by atoms with Crippen LogP contribution >= 0.6 is 0 Å². The minimum absolute atomic E-state index is 0.232. The van der Waals surface area contributed by atoms with Crippen LogP contribution in [0.2, 0.25) is 0 Å². The molecule has 0 aliphatic carbocycles. The van der Waals surface area contributed by atoms with Crippen molar-refractivity contribution in [3.63, 3.8) is 0 Å². The lowest BCUT2D eigenvalue weighted by Gasteiger charge is -2.19. The molecular formula is C21H16N4O4. The molecule has 1 aliphatic heterocycles. The molecule has 0 amide bonds. The molecule has 0 saturated heterocycles. The van der Waals surface area contributed by atoms with Crippen LogP contribution in [0.15, 0.2) is 64.6 Å². The molecule has 0 bridgehead atoms. The van der Waals surface area contributed by atoms with E-state index in [1.165, 1.54) is 4.57 Å². The largest absolute Gasteiger partial charge is 0.486 e. The van der Waals surface area contributed by atoms with Crippen LogP contribution in [0, 0.1) is 0 Å². The maximum Gasteiger partial charge on any atom is 0.330 e. The molecule has 4 heterocycles. The molecule has 0 spiro atoms. The second kappa shape index (κ2) is 6.90. The van der Waals surface area contributed by atoms with E-state index in [4.69, 9.17) is 9.47 Å². The first-order valence-electron chi connectivity index (χ1n) is 9.11. The third-order valence-electron chi connectivity index (χ3n) is 4.82. The molecule has 4 aromatic rings. The zero-order valence-electron chi connectivity index (χ0n) is 15.3. The van der Waals surface area contributed by atoms with Crippen molar-refractivity contribution in [3.05, 3.63) is 81.4 Å². The molecule has 0 saturated carbocycles. The number of hydrogen-bond donors (Lipinski definition) is 1. The number of pyridine rings is 2. The zero-order valence-corrected chi connectivity index (χ0v) is 15.3. The quantitative estimate of drug-likeness (QED) is 0.576. The second-order valence-corrected chi connectivity index (χ2v) is 6.62. The number of aromatic amines is 1. The zero-order chi connectivity index (χ0) is 19.8. The maximum atomic E-state index is 12.6. The van der Waals surface area contributed by atoms with Gasteiger partial charge in [-0.25, -0.2) is 9.78 Å². The molecular weight excluding hydrogens is 372 g/mol. The summed E-state index contributed by atoms with van der Waals surface area (Å²) in [4.78, 5) is 36.0. The highest BCUT2D eigenvalue weighted by Gasteiger charge is 2.16. The summed E-state index contributed by atoms with van der Waals surface area (Å²) >= 11 is 0. The van der Waals surface area contributed by atoms with Crippen LogP contribution in [-0.4, -0.2) is 32.7 Å². The van der Waals surface area contributed by atoms with Gasteiger partial charge in [-0.15, -0.1) is 0 Å². The fourth-order valence-corrected chi connectivity index (χ4v) is 3.49. The van der Waals surface area contributed by atoms with E-state index in [1.54, 1.807) is 24.7 Å². The van der Waals surface area contributed by atoms with Crippen molar-refractivity contribution in [1.29, 1.82) is 0 Å². The van der Waals surface area contributed by atoms with Crippen LogP contribution in [-0.2, 0) is 6.54 Å². The molecule has 5 rings (SSSR count). The normalized spacial score (nSPS) is 12.8. The Morgan fingerprint density at radius 3 is 2.59 bits per heavy atom. The highest BCUT2D eigenvalue weighted by Crippen LogP contribution is 2.31. The van der Waals surface area contributed by atoms with Crippen molar-refractivity contribution in [1.82, 2.24) is 19.5 Å². The first-order chi connectivity index (χ1) is 14.2. The average Bonchev–Trinajstić information content (AvgIpc) is 2.76. The van der Waals surface area contributed by atoms with Crippen LogP contribution in [0.25, 0.3) is 22.2 Å². The molecule has 29 heavy (non-hydrogen) atoms. The van der Waals surface area contributed by atoms with E-state index in [9.17, 15) is 9.59 Å². The Kier molecular flexibility index (Phi) is 4.09. The number of rotatable bonds is 3. The molecule has 1 aromatic carbocycles. The van der Waals surface area contributed by atoms with Crippen molar-refractivity contribution in [2.75, 3.05) is 13.2 Å². The number of nitrogens with zero attached hydrogens (tertiary/aromatic N) is 3. The number of aromatic nitrogens is 4. The molecule has 8 heteroatoms. The van der Waals surface area contributed by atoms with E-state index in [0.717, 1.165) is 11.1 Å². The van der Waals surface area contributed by atoms with Crippen LogP contribution in [0.1, 0.15) is 5.56 Å². The third kappa shape index (κ3) is 3.04. The van der Waals surface area contributed by atoms with Gasteiger partial charge in [-0.2, -0.15) is 0 Å². The van der Waals surface area contributed by atoms with Gasteiger partial charge in [0.15, 0.2) is 11.5 Å². The number of benzene rings is 1. The van der Waals surface area contributed by atoms with E-state index in [1.807, 2.05) is 30.3 Å². The van der Waals surface area contributed by atoms with Crippen LogP contribution in [0.3, 0.4) is 0 Å². The SMILES string of the molecule is O=c1[nH]c(=O)n(Cc2ccc3c(c2)OCCO3)c2nccc(-c3ccncc3)c12. The molecule has 3 aromatic heterocycles. The van der Waals surface area contributed by atoms with Crippen molar-refractivity contribution < 1.29 is 9.47 Å². The highest BCUT2D eigenvalue weighted by molar-refractivity contribution is 5.91. The lowest BCUT2D eigenvalue weighted by Crippen LogP contribution is -2.31. The Bertz CT molecular complexity index is 1330. The fourth-order valence-electron chi connectivity index (χ4n) is 3.49. The Morgan fingerprint density at radius 2 is 1.76 bits per heavy atom. The smallest absolute Gasteiger partial charge is 0.330 e. The van der Waals surface area contributed by atoms with Crippen LogP contribution in [0.4, 0.5) is 0 Å². The van der Waals surface area contributed by atoms with E-state index in [-0.39, 0.29) is 6.54 Å². The van der Waals surface area contributed by atoms with E-state index < -0.39 is 11.2 Å². The summed E-state index contributed by atoms with van der Waals surface area (Å²) in [7, 11) is 0. The summed E-state index contributed by atoms with van der Waals surface area (Å²) in [5.74, 6) is 1.32. The van der Waals surface area contributed by atoms with E-state index >= 15 is 0 Å². The number of nitrogens with one attached hydrogen (secondary N) is 1. The fraction of sp³-hybridized carbons (Fsp3) is 0.143. The van der Waals surface area contributed by atoms with Crippen LogP contribution in [0.5, 0.6) is 11.5 Å². The van der Waals surface area contributed by atoms with Gasteiger partial charge in [-0.05, 0) is 47.0 Å². The minimum Gasteiger partial charge on any atom is -0.486 e. The summed E-state index contributed by atoms with van der Waals surface area (Å²) in [6.45, 7) is 1.22. The summed E-state index contributed by atoms with van der Waals surface area (Å²) in [6.07, 6.45) is 4.90. The average molecular weight is 388 g/mol. The monoisotopic (exact) mass is 388 g/mol. The van der Waals surface area contributed by atoms with Crippen LogP contribution < -0.4 is 20.7 Å². The topological polar surface area (TPSA) is 99.1 Å². The van der Waals surface area contributed by atoms with Gasteiger partial charge in [0.05, 0.1) is 11.9 Å². The van der Waals surface area contributed by atoms with Gasteiger partial charge in [-0.1, -0.05) is 6.07 Å². The highest BCUT2D eigenvalue weighted by atomic mass is 16.6. The summed E-state index contributed by atoms with van der Waals surface area (Å²) in [5, 5.41) is 0.357. The van der Waals surface area contributed by atoms with E-state index in [0.29, 0.717) is 41.3 Å². The predicted octanol–water partition coefficient (Wildman–Crippen LogP) is 1.97. The van der Waals surface area contributed by atoms with Gasteiger partial charge >= 0.3 is 5.69 Å². The van der Waals surface area contributed by atoms with Gasteiger partial charge in [-0.3, -0.25) is 19.3 Å². The maximum absolute atomic E-state index is 12.6. The molecule has 8 nitrogen and oxygen atoms in total. The molecule has 0 atom stereocenters. The Morgan fingerprint density at radius 1 is 0.966 bits per heavy atom. The van der Waals surface area contributed by atoms with Gasteiger partial charge in [0, 0.05) is 18.6 Å². The standard InChI is InChI=1S/C21H16N4O4/c26-20-18-15(14-3-6-22-7-4-14)5-8-23-19(18)25(21(27)24-20)12-13-1-2-16-17(11-13)29-10-9-28-16/h1-8,11H,9-10,12H2,(H,24,26,27). The van der Waals surface area contributed by atoms with Gasteiger partial charge in [0.25, 0.3) is 5.56 Å². The Hall–Kier alpha value is -3.94. The van der Waals surface area contributed by atoms with Crippen molar-refractivity contribution in [2.45, 2.75) is 6.54 Å². The molecule has 0 fully saturated rings. The summed E-state index contributed by atoms with van der Waals surface area (Å²) in [6, 6.07) is 10.9.